The standard InChI is InChI=1S/C11H16N2O2S/c12-9-11(1-5-15-6-2-11)10(14)13-3-7-16-8-4-13/h1-8H2. The van der Waals surface area contributed by atoms with Crippen molar-refractivity contribution in [2.45, 2.75) is 12.8 Å². The molecule has 0 atom stereocenters. The van der Waals surface area contributed by atoms with E-state index >= 15 is 0 Å². The summed E-state index contributed by atoms with van der Waals surface area (Å²) in [5, 5.41) is 9.28. The van der Waals surface area contributed by atoms with Gasteiger partial charge in [-0.3, -0.25) is 4.79 Å². The van der Waals surface area contributed by atoms with Gasteiger partial charge in [-0.2, -0.15) is 17.0 Å². The molecule has 0 N–H and O–H groups in total. The zero-order valence-electron chi connectivity index (χ0n) is 9.28. The lowest BCUT2D eigenvalue weighted by molar-refractivity contribution is -0.143. The van der Waals surface area contributed by atoms with Crippen LogP contribution in [0.1, 0.15) is 12.8 Å². The van der Waals surface area contributed by atoms with Crippen LogP contribution in [-0.4, -0.2) is 48.6 Å². The summed E-state index contributed by atoms with van der Waals surface area (Å²) in [6.45, 7) is 2.63. The highest BCUT2D eigenvalue weighted by molar-refractivity contribution is 7.99. The summed E-state index contributed by atoms with van der Waals surface area (Å²) in [6, 6.07) is 2.24. The maximum Gasteiger partial charge on any atom is 0.243 e. The molecular formula is C11H16N2O2S. The van der Waals surface area contributed by atoms with Gasteiger partial charge in [0, 0.05) is 37.8 Å². The average Bonchev–Trinajstić information content (AvgIpc) is 2.39. The van der Waals surface area contributed by atoms with Gasteiger partial charge in [0.05, 0.1) is 6.07 Å². The smallest absolute Gasteiger partial charge is 0.243 e. The van der Waals surface area contributed by atoms with E-state index in [0.717, 1.165) is 24.6 Å². The van der Waals surface area contributed by atoms with Crippen molar-refractivity contribution in [3.05, 3.63) is 0 Å². The predicted molar refractivity (Wildman–Crippen MR) is 62.0 cm³/mol. The van der Waals surface area contributed by atoms with Gasteiger partial charge in [0.25, 0.3) is 0 Å². The fourth-order valence-corrected chi connectivity index (χ4v) is 3.07. The second kappa shape index (κ2) is 5.07. The van der Waals surface area contributed by atoms with Crippen molar-refractivity contribution in [3.63, 3.8) is 0 Å². The quantitative estimate of drug-likeness (QED) is 0.683. The first kappa shape index (κ1) is 11.7. The topological polar surface area (TPSA) is 53.3 Å². The van der Waals surface area contributed by atoms with E-state index in [1.54, 1.807) is 0 Å². The highest BCUT2D eigenvalue weighted by Crippen LogP contribution is 2.32. The minimum Gasteiger partial charge on any atom is -0.381 e. The summed E-state index contributed by atoms with van der Waals surface area (Å²) in [4.78, 5) is 14.2. The Hall–Kier alpha value is -0.730. The Balaban J connectivity index is 2.08. The fourth-order valence-electron chi connectivity index (χ4n) is 2.16. The van der Waals surface area contributed by atoms with Crippen molar-refractivity contribution in [3.8, 4) is 6.07 Å². The third-order valence-corrected chi connectivity index (χ3v) is 4.21. The van der Waals surface area contributed by atoms with E-state index in [-0.39, 0.29) is 5.91 Å². The molecule has 2 aliphatic rings. The highest BCUT2D eigenvalue weighted by Gasteiger charge is 2.43. The molecule has 2 rings (SSSR count). The molecule has 88 valence electrons. The summed E-state index contributed by atoms with van der Waals surface area (Å²) in [5.41, 5.74) is -0.805. The van der Waals surface area contributed by atoms with Crippen LogP contribution in [0.3, 0.4) is 0 Å². The van der Waals surface area contributed by atoms with E-state index in [9.17, 15) is 10.1 Å². The summed E-state index contributed by atoms with van der Waals surface area (Å²) < 4.78 is 5.24. The molecule has 0 aliphatic carbocycles. The molecule has 0 aromatic rings. The molecule has 0 unspecified atom stereocenters. The minimum atomic E-state index is -0.805. The third-order valence-electron chi connectivity index (χ3n) is 3.27. The number of carbonyl (C=O) groups is 1. The van der Waals surface area contributed by atoms with Crippen LogP contribution < -0.4 is 0 Å². The number of thioether (sulfide) groups is 1. The Bertz CT molecular complexity index is 302. The molecule has 2 fully saturated rings. The molecule has 0 bridgehead atoms. The van der Waals surface area contributed by atoms with Crippen molar-refractivity contribution < 1.29 is 9.53 Å². The first-order chi connectivity index (χ1) is 7.78. The number of carbonyl (C=O) groups excluding carboxylic acids is 1. The Morgan fingerprint density at radius 3 is 2.50 bits per heavy atom. The summed E-state index contributed by atoms with van der Waals surface area (Å²) in [5.74, 6) is 2.01. The van der Waals surface area contributed by atoms with Gasteiger partial charge < -0.3 is 9.64 Å². The van der Waals surface area contributed by atoms with Gasteiger partial charge in [0.2, 0.25) is 5.91 Å². The molecule has 16 heavy (non-hydrogen) atoms. The monoisotopic (exact) mass is 240 g/mol. The van der Waals surface area contributed by atoms with Gasteiger partial charge in [-0.25, -0.2) is 0 Å². The molecule has 5 heteroatoms. The highest BCUT2D eigenvalue weighted by atomic mass is 32.2. The molecule has 2 heterocycles. The number of ether oxygens (including phenoxy) is 1. The van der Waals surface area contributed by atoms with E-state index in [0.29, 0.717) is 26.1 Å². The molecule has 0 aromatic carbocycles. The number of hydrogen-bond acceptors (Lipinski definition) is 4. The maximum atomic E-state index is 12.3. The first-order valence-corrected chi connectivity index (χ1v) is 6.80. The van der Waals surface area contributed by atoms with Crippen LogP contribution in [0.5, 0.6) is 0 Å². The second-order valence-electron chi connectivity index (χ2n) is 4.21. The zero-order valence-corrected chi connectivity index (χ0v) is 10.1. The Kier molecular flexibility index (Phi) is 3.72. The molecule has 0 radical (unpaired) electrons. The van der Waals surface area contributed by atoms with E-state index in [1.165, 1.54) is 0 Å². The molecule has 2 aliphatic heterocycles. The Morgan fingerprint density at radius 2 is 1.94 bits per heavy atom. The number of rotatable bonds is 1. The van der Waals surface area contributed by atoms with Crippen LogP contribution in [0.15, 0.2) is 0 Å². The molecule has 0 saturated carbocycles. The number of nitriles is 1. The van der Waals surface area contributed by atoms with Crippen LogP contribution >= 0.6 is 11.8 Å². The average molecular weight is 240 g/mol. The van der Waals surface area contributed by atoms with Gasteiger partial charge in [-0.05, 0) is 12.8 Å². The second-order valence-corrected chi connectivity index (χ2v) is 5.44. The molecule has 0 aromatic heterocycles. The summed E-state index contributed by atoms with van der Waals surface area (Å²) in [6.07, 6.45) is 1.10. The fraction of sp³-hybridized carbons (Fsp3) is 0.818. The van der Waals surface area contributed by atoms with Crippen LogP contribution in [-0.2, 0) is 9.53 Å². The largest absolute Gasteiger partial charge is 0.381 e. The molecule has 1 amide bonds. The van der Waals surface area contributed by atoms with Crippen molar-refractivity contribution >= 4 is 17.7 Å². The third kappa shape index (κ3) is 2.18. The lowest BCUT2D eigenvalue weighted by Gasteiger charge is -2.36. The van der Waals surface area contributed by atoms with Crippen molar-refractivity contribution in [1.29, 1.82) is 5.26 Å². The minimum absolute atomic E-state index is 0.0265. The van der Waals surface area contributed by atoms with Gasteiger partial charge in [-0.1, -0.05) is 0 Å². The molecule has 0 spiro atoms. The van der Waals surface area contributed by atoms with E-state index < -0.39 is 5.41 Å². The normalized spacial score (nSPS) is 24.8. The molecule has 2 saturated heterocycles. The van der Waals surface area contributed by atoms with Crippen molar-refractivity contribution in [1.82, 2.24) is 4.90 Å². The summed E-state index contributed by atoms with van der Waals surface area (Å²) in [7, 11) is 0. The molecule has 4 nitrogen and oxygen atoms in total. The number of nitrogens with zero attached hydrogens (tertiary/aromatic N) is 2. The summed E-state index contributed by atoms with van der Waals surface area (Å²) >= 11 is 1.87. The van der Waals surface area contributed by atoms with Crippen LogP contribution in [0.2, 0.25) is 0 Å². The van der Waals surface area contributed by atoms with Crippen molar-refractivity contribution in [2.24, 2.45) is 5.41 Å². The van der Waals surface area contributed by atoms with Gasteiger partial charge in [0.15, 0.2) is 0 Å². The lowest BCUT2D eigenvalue weighted by Crippen LogP contribution is -2.49. The Morgan fingerprint density at radius 1 is 1.31 bits per heavy atom. The molecular weight excluding hydrogens is 224 g/mol. The zero-order chi connectivity index (χ0) is 11.4. The lowest BCUT2D eigenvalue weighted by atomic mass is 9.80. The van der Waals surface area contributed by atoms with Gasteiger partial charge >= 0.3 is 0 Å². The SMILES string of the molecule is N#CC1(C(=O)N2CCSCC2)CCOCC1. The van der Waals surface area contributed by atoms with E-state index in [1.807, 2.05) is 16.7 Å². The number of amides is 1. The number of hydrogen-bond donors (Lipinski definition) is 0. The predicted octanol–water partition coefficient (Wildman–Crippen LogP) is 0.882. The van der Waals surface area contributed by atoms with Crippen LogP contribution in [0, 0.1) is 16.7 Å². The van der Waals surface area contributed by atoms with E-state index in [4.69, 9.17) is 4.74 Å². The van der Waals surface area contributed by atoms with Gasteiger partial charge in [-0.15, -0.1) is 0 Å². The van der Waals surface area contributed by atoms with E-state index in [2.05, 4.69) is 6.07 Å². The van der Waals surface area contributed by atoms with Crippen LogP contribution in [0.4, 0.5) is 0 Å². The van der Waals surface area contributed by atoms with Crippen LogP contribution in [0.25, 0.3) is 0 Å². The Labute approximate surface area is 99.9 Å². The maximum absolute atomic E-state index is 12.3. The van der Waals surface area contributed by atoms with Crippen molar-refractivity contribution in [2.75, 3.05) is 37.8 Å². The first-order valence-electron chi connectivity index (χ1n) is 5.65. The van der Waals surface area contributed by atoms with Gasteiger partial charge in [0.1, 0.15) is 5.41 Å².